The first-order chi connectivity index (χ1) is 18.0. The average molecular weight is 526 g/mol. The van der Waals surface area contributed by atoms with Crippen LogP contribution in [0.1, 0.15) is 77.3 Å². The first-order valence-corrected chi connectivity index (χ1v) is 14.4. The number of amides is 2. The smallest absolute Gasteiger partial charge is 0.247 e. The van der Waals surface area contributed by atoms with Gasteiger partial charge >= 0.3 is 0 Å². The lowest BCUT2D eigenvalue weighted by Crippen LogP contribution is -2.75. The third kappa shape index (κ3) is 4.11. The summed E-state index contributed by atoms with van der Waals surface area (Å²) in [6, 6.07) is 2.97. The van der Waals surface area contributed by atoms with Gasteiger partial charge in [-0.25, -0.2) is 0 Å². The van der Waals surface area contributed by atoms with E-state index in [1.54, 1.807) is 0 Å². The van der Waals surface area contributed by atoms with E-state index >= 15 is 0 Å². The van der Waals surface area contributed by atoms with E-state index in [1.165, 1.54) is 18.9 Å². The van der Waals surface area contributed by atoms with Crippen molar-refractivity contribution in [3.63, 3.8) is 0 Å². The minimum Gasteiger partial charge on any atom is -0.504 e. The third-order valence-corrected chi connectivity index (χ3v) is 9.55. The van der Waals surface area contributed by atoms with Crippen LogP contribution in [0.2, 0.25) is 0 Å². The largest absolute Gasteiger partial charge is 0.504 e. The molecule has 2 bridgehead atoms. The van der Waals surface area contributed by atoms with E-state index in [0.717, 1.165) is 31.5 Å². The number of likely N-dealkylation sites (tertiary alicyclic amines) is 1. The fraction of sp³-hybridized carbons (Fsp3) is 0.667. The van der Waals surface area contributed by atoms with Crippen molar-refractivity contribution in [1.29, 1.82) is 0 Å². The van der Waals surface area contributed by atoms with E-state index < -0.39 is 16.9 Å². The normalized spacial score (nSPS) is 30.6. The van der Waals surface area contributed by atoms with Crippen LogP contribution in [0.4, 0.5) is 0 Å². The van der Waals surface area contributed by atoms with Crippen LogP contribution in [0, 0.1) is 11.8 Å². The molecular formula is C30H43N3O5. The van der Waals surface area contributed by atoms with Crippen LogP contribution in [-0.2, 0) is 21.4 Å². The molecule has 1 aliphatic heterocycles. The Morgan fingerprint density at radius 3 is 2.58 bits per heavy atom. The van der Waals surface area contributed by atoms with Gasteiger partial charge in [-0.3, -0.25) is 14.5 Å². The Hall–Kier alpha value is -2.58. The van der Waals surface area contributed by atoms with Crippen molar-refractivity contribution in [2.24, 2.45) is 11.8 Å². The van der Waals surface area contributed by atoms with Gasteiger partial charge in [-0.2, -0.15) is 0 Å². The molecule has 3 aliphatic carbocycles. The van der Waals surface area contributed by atoms with E-state index in [2.05, 4.69) is 22.5 Å². The number of hydrogen-bond acceptors (Lipinski definition) is 6. The molecule has 0 spiro atoms. The van der Waals surface area contributed by atoms with E-state index in [4.69, 9.17) is 0 Å². The number of unbranched alkanes of at least 4 members (excludes halogenated alkanes) is 1. The van der Waals surface area contributed by atoms with Gasteiger partial charge in [0, 0.05) is 53.7 Å². The van der Waals surface area contributed by atoms with Crippen LogP contribution in [0.25, 0.3) is 0 Å². The molecule has 1 saturated carbocycles. The van der Waals surface area contributed by atoms with Gasteiger partial charge in [0.1, 0.15) is 0 Å². The molecule has 1 aromatic rings. The van der Waals surface area contributed by atoms with Gasteiger partial charge in [0.2, 0.25) is 11.8 Å². The highest BCUT2D eigenvalue weighted by Gasteiger charge is 2.69. The van der Waals surface area contributed by atoms with E-state index in [-0.39, 0.29) is 41.8 Å². The van der Waals surface area contributed by atoms with Crippen molar-refractivity contribution in [3.8, 4) is 11.5 Å². The molecule has 1 heterocycles. The number of hydrogen-bond donors (Lipinski definition) is 5. The van der Waals surface area contributed by atoms with E-state index in [0.29, 0.717) is 42.0 Å². The van der Waals surface area contributed by atoms with Crippen molar-refractivity contribution in [2.45, 2.75) is 95.7 Å². The van der Waals surface area contributed by atoms with Gasteiger partial charge in [0.05, 0.1) is 5.60 Å². The Labute approximate surface area is 225 Å². The zero-order valence-corrected chi connectivity index (χ0v) is 23.1. The summed E-state index contributed by atoms with van der Waals surface area (Å²) in [7, 11) is 0. The predicted molar refractivity (Wildman–Crippen MR) is 145 cm³/mol. The zero-order valence-electron chi connectivity index (χ0n) is 23.1. The summed E-state index contributed by atoms with van der Waals surface area (Å²) >= 11 is 0. The molecule has 2 amide bonds. The highest BCUT2D eigenvalue weighted by molar-refractivity contribution is 6.06. The van der Waals surface area contributed by atoms with Gasteiger partial charge in [0.15, 0.2) is 11.5 Å². The first kappa shape index (κ1) is 27.0. The molecule has 0 unspecified atom stereocenters. The van der Waals surface area contributed by atoms with Crippen LogP contribution in [0.15, 0.2) is 23.3 Å². The number of aromatic hydroxyl groups is 2. The zero-order chi connectivity index (χ0) is 27.4. The monoisotopic (exact) mass is 525 g/mol. The predicted octanol–water partition coefficient (Wildman–Crippen LogP) is 2.88. The minimum absolute atomic E-state index is 0.0206. The molecule has 2 fully saturated rings. The topological polar surface area (TPSA) is 122 Å². The van der Waals surface area contributed by atoms with Gasteiger partial charge in [-0.1, -0.05) is 26.3 Å². The van der Waals surface area contributed by atoms with Crippen LogP contribution >= 0.6 is 0 Å². The number of nitrogens with zero attached hydrogens (tertiary/aromatic N) is 1. The number of piperidine rings is 1. The summed E-state index contributed by atoms with van der Waals surface area (Å²) in [6.45, 7) is 9.85. The molecule has 1 saturated heterocycles. The van der Waals surface area contributed by atoms with Gasteiger partial charge in [0.25, 0.3) is 0 Å². The summed E-state index contributed by atoms with van der Waals surface area (Å²) in [5.41, 5.74) is -0.268. The molecule has 4 aliphatic rings. The molecule has 8 nitrogen and oxygen atoms in total. The number of carbonyl (C=O) groups excluding carboxylic acids is 2. The highest BCUT2D eigenvalue weighted by atomic mass is 16.3. The Morgan fingerprint density at radius 1 is 1.18 bits per heavy atom. The summed E-state index contributed by atoms with van der Waals surface area (Å²) in [5, 5.41) is 40.7. The van der Waals surface area contributed by atoms with Crippen LogP contribution < -0.4 is 10.6 Å². The van der Waals surface area contributed by atoms with Crippen LogP contribution in [0.5, 0.6) is 11.5 Å². The summed E-state index contributed by atoms with van der Waals surface area (Å²) < 4.78 is 0. The fourth-order valence-electron chi connectivity index (χ4n) is 7.60. The first-order valence-electron chi connectivity index (χ1n) is 14.4. The van der Waals surface area contributed by atoms with Crippen molar-refractivity contribution in [1.82, 2.24) is 15.5 Å². The fourth-order valence-corrected chi connectivity index (χ4v) is 7.60. The number of phenols is 2. The third-order valence-electron chi connectivity index (χ3n) is 9.55. The molecule has 208 valence electrons. The highest BCUT2D eigenvalue weighted by Crippen LogP contribution is 2.64. The van der Waals surface area contributed by atoms with Crippen LogP contribution in [0.3, 0.4) is 0 Å². The lowest BCUT2D eigenvalue weighted by atomic mass is 9.45. The summed E-state index contributed by atoms with van der Waals surface area (Å²) in [6.07, 6.45) is 5.19. The van der Waals surface area contributed by atoms with Crippen molar-refractivity contribution < 1.29 is 24.9 Å². The number of benzene rings is 1. The SMILES string of the molecule is CCCCNC(=O)C1=C(C(=O)NC(C)C)C[C@@]2(O)[C@H]3Cc4ccc(O)c(O)c4[C@@]2(CCN3CC2CC2)[C@H]1C. The molecule has 38 heavy (non-hydrogen) atoms. The lowest BCUT2D eigenvalue weighted by Gasteiger charge is -2.65. The summed E-state index contributed by atoms with van der Waals surface area (Å²) in [4.78, 5) is 29.7. The van der Waals surface area contributed by atoms with Crippen molar-refractivity contribution in [2.75, 3.05) is 19.6 Å². The average Bonchev–Trinajstić information content (AvgIpc) is 3.67. The molecule has 0 aromatic heterocycles. The second-order valence-electron chi connectivity index (χ2n) is 12.3. The molecule has 5 rings (SSSR count). The molecule has 1 aromatic carbocycles. The molecule has 8 heteroatoms. The second-order valence-corrected chi connectivity index (χ2v) is 12.3. The second kappa shape index (κ2) is 9.87. The lowest BCUT2D eigenvalue weighted by molar-refractivity contribution is -0.168. The van der Waals surface area contributed by atoms with Crippen LogP contribution in [-0.4, -0.2) is 69.4 Å². The maximum Gasteiger partial charge on any atom is 0.247 e. The van der Waals surface area contributed by atoms with E-state index in [9.17, 15) is 24.9 Å². The Kier molecular flexibility index (Phi) is 7.01. The number of rotatable bonds is 8. The Bertz CT molecular complexity index is 1160. The number of aliphatic hydroxyl groups is 1. The Morgan fingerprint density at radius 2 is 1.92 bits per heavy atom. The maximum absolute atomic E-state index is 13.7. The quantitative estimate of drug-likeness (QED) is 0.263. The van der Waals surface area contributed by atoms with Crippen molar-refractivity contribution >= 4 is 11.8 Å². The number of fused-ring (bicyclic) bond motifs is 1. The van der Waals surface area contributed by atoms with Gasteiger partial charge < -0.3 is 26.0 Å². The summed E-state index contributed by atoms with van der Waals surface area (Å²) in [5.74, 6) is -1.00. The maximum atomic E-state index is 13.7. The van der Waals surface area contributed by atoms with Gasteiger partial charge in [-0.05, 0) is 76.0 Å². The van der Waals surface area contributed by atoms with Gasteiger partial charge in [-0.15, -0.1) is 0 Å². The standard InChI is InChI=1S/C30H43N3O5/c1-5-6-12-31-28(37)24-18(4)29-11-13-33(16-19-7-8-19)23(14-20-9-10-22(34)26(35)25(20)29)30(29,38)15-21(24)27(36)32-17(2)3/h9-10,17-19,23,34-35,38H,5-8,11-16H2,1-4H3,(H,31,37)(H,32,36)/t18-,23+,29+,30+/m0/s1. The number of nitrogens with one attached hydrogen (secondary N) is 2. The number of phenolic OH excluding ortho intramolecular Hbond substituents is 2. The minimum atomic E-state index is -1.39. The van der Waals surface area contributed by atoms with E-state index in [1.807, 2.05) is 26.8 Å². The Balaban J connectivity index is 1.71. The van der Waals surface area contributed by atoms with Crippen molar-refractivity contribution in [3.05, 3.63) is 34.4 Å². The molecular weight excluding hydrogens is 482 g/mol. The molecule has 4 atom stereocenters. The number of carbonyl (C=O) groups is 2. The molecule has 0 radical (unpaired) electrons. The molecule has 5 N–H and O–H groups in total.